The molecule has 1 aliphatic heterocycles. The standard InChI is InChI=1S/C20H18F3NO3/c1-24-18(25)5-4-15(11-6-13(26-2)10-14(7-11)27-3)20(24)19-16(22)8-12(21)9-17(19)23/h6-10H,4-5H2,1-3H3. The Balaban J connectivity index is 2.31. The van der Waals surface area contributed by atoms with Crippen LogP contribution in [0.25, 0.3) is 11.3 Å². The van der Waals surface area contributed by atoms with Gasteiger partial charge in [-0.1, -0.05) is 0 Å². The van der Waals surface area contributed by atoms with E-state index in [4.69, 9.17) is 9.47 Å². The fourth-order valence-corrected chi connectivity index (χ4v) is 3.19. The van der Waals surface area contributed by atoms with Crippen LogP contribution in [0.15, 0.2) is 30.3 Å². The molecule has 0 saturated carbocycles. The summed E-state index contributed by atoms with van der Waals surface area (Å²) < 4.78 is 52.8. The lowest BCUT2D eigenvalue weighted by atomic mass is 9.91. The molecule has 1 heterocycles. The third kappa shape index (κ3) is 3.49. The number of halogens is 3. The number of carbonyl (C=O) groups excluding carboxylic acids is 1. The quantitative estimate of drug-likeness (QED) is 0.800. The summed E-state index contributed by atoms with van der Waals surface area (Å²) in [6.45, 7) is 0. The third-order valence-corrected chi connectivity index (χ3v) is 4.53. The van der Waals surface area contributed by atoms with E-state index in [1.54, 1.807) is 18.2 Å². The van der Waals surface area contributed by atoms with E-state index in [0.717, 1.165) is 0 Å². The molecular formula is C20H18F3NO3. The summed E-state index contributed by atoms with van der Waals surface area (Å²) in [6.07, 6.45) is 0.449. The molecule has 0 saturated heterocycles. The van der Waals surface area contributed by atoms with Crippen LogP contribution in [0.1, 0.15) is 24.0 Å². The van der Waals surface area contributed by atoms with Gasteiger partial charge in [0.25, 0.3) is 0 Å². The minimum atomic E-state index is -1.07. The Bertz CT molecular complexity index is 895. The van der Waals surface area contributed by atoms with E-state index in [-0.39, 0.29) is 24.4 Å². The van der Waals surface area contributed by atoms with Crippen molar-refractivity contribution in [3.8, 4) is 11.5 Å². The van der Waals surface area contributed by atoms with Gasteiger partial charge in [-0.25, -0.2) is 13.2 Å². The average Bonchev–Trinajstić information content (AvgIpc) is 2.64. The molecule has 0 unspecified atom stereocenters. The highest BCUT2D eigenvalue weighted by molar-refractivity contribution is 6.01. The lowest BCUT2D eigenvalue weighted by Crippen LogP contribution is -2.30. The SMILES string of the molecule is COc1cc(OC)cc(C2=C(c3c(F)cc(F)cc3F)N(C)C(=O)CC2)c1. The molecule has 7 heteroatoms. The van der Waals surface area contributed by atoms with Crippen LogP contribution in [0, 0.1) is 17.5 Å². The Hall–Kier alpha value is -2.96. The number of nitrogens with zero attached hydrogens (tertiary/aromatic N) is 1. The highest BCUT2D eigenvalue weighted by Gasteiger charge is 2.30. The molecule has 0 aromatic heterocycles. The van der Waals surface area contributed by atoms with Crippen LogP contribution >= 0.6 is 0 Å². The van der Waals surface area contributed by atoms with Crippen molar-refractivity contribution in [3.05, 3.63) is 58.9 Å². The van der Waals surface area contributed by atoms with Gasteiger partial charge in [-0.05, 0) is 29.7 Å². The van der Waals surface area contributed by atoms with Crippen molar-refractivity contribution in [2.45, 2.75) is 12.8 Å². The van der Waals surface area contributed by atoms with E-state index in [1.807, 2.05) is 0 Å². The predicted octanol–water partition coefficient (Wildman–Crippen LogP) is 4.24. The Morgan fingerprint density at radius 2 is 1.44 bits per heavy atom. The smallest absolute Gasteiger partial charge is 0.227 e. The third-order valence-electron chi connectivity index (χ3n) is 4.53. The van der Waals surface area contributed by atoms with Gasteiger partial charge in [0.15, 0.2) is 0 Å². The van der Waals surface area contributed by atoms with Crippen molar-refractivity contribution >= 4 is 17.2 Å². The molecule has 3 rings (SSSR count). The average molecular weight is 377 g/mol. The Kier molecular flexibility index (Phi) is 5.12. The van der Waals surface area contributed by atoms with E-state index >= 15 is 0 Å². The zero-order valence-corrected chi connectivity index (χ0v) is 15.1. The normalized spacial score (nSPS) is 14.6. The second-order valence-corrected chi connectivity index (χ2v) is 6.13. The number of hydrogen-bond acceptors (Lipinski definition) is 3. The maximum Gasteiger partial charge on any atom is 0.227 e. The molecule has 0 radical (unpaired) electrons. The van der Waals surface area contributed by atoms with Crippen LogP contribution in [0.4, 0.5) is 13.2 Å². The van der Waals surface area contributed by atoms with Crippen LogP contribution in [-0.4, -0.2) is 32.1 Å². The van der Waals surface area contributed by atoms with Crippen LogP contribution in [0.3, 0.4) is 0 Å². The maximum atomic E-state index is 14.5. The Morgan fingerprint density at radius 1 is 0.889 bits per heavy atom. The summed E-state index contributed by atoms with van der Waals surface area (Å²) in [6, 6.07) is 6.26. The van der Waals surface area contributed by atoms with E-state index in [1.165, 1.54) is 26.2 Å². The number of rotatable bonds is 4. The first kappa shape index (κ1) is 18.8. The molecule has 4 nitrogen and oxygen atoms in total. The van der Waals surface area contributed by atoms with E-state index in [2.05, 4.69) is 0 Å². The number of benzene rings is 2. The van der Waals surface area contributed by atoms with Gasteiger partial charge in [0.1, 0.15) is 29.0 Å². The first-order valence-corrected chi connectivity index (χ1v) is 8.23. The van der Waals surface area contributed by atoms with E-state index in [9.17, 15) is 18.0 Å². The fraction of sp³-hybridized carbons (Fsp3) is 0.250. The second kappa shape index (κ2) is 7.34. The molecule has 27 heavy (non-hydrogen) atoms. The molecular weight excluding hydrogens is 359 g/mol. The number of amides is 1. The second-order valence-electron chi connectivity index (χ2n) is 6.13. The zero-order chi connectivity index (χ0) is 19.7. The predicted molar refractivity (Wildman–Crippen MR) is 94.7 cm³/mol. The van der Waals surface area contributed by atoms with Crippen LogP contribution < -0.4 is 9.47 Å². The van der Waals surface area contributed by atoms with Crippen LogP contribution in [0.2, 0.25) is 0 Å². The molecule has 0 spiro atoms. The molecule has 0 bridgehead atoms. The Morgan fingerprint density at radius 3 is 1.96 bits per heavy atom. The van der Waals surface area contributed by atoms with Crippen molar-refractivity contribution in [3.63, 3.8) is 0 Å². The van der Waals surface area contributed by atoms with Gasteiger partial charge >= 0.3 is 0 Å². The first-order valence-electron chi connectivity index (χ1n) is 8.23. The molecule has 0 aliphatic carbocycles. The van der Waals surface area contributed by atoms with Crippen LogP contribution in [0.5, 0.6) is 11.5 Å². The number of allylic oxidation sites excluding steroid dienone is 1. The number of hydrogen-bond donors (Lipinski definition) is 0. The summed E-state index contributed by atoms with van der Waals surface area (Å²) in [7, 11) is 4.42. The molecule has 1 aliphatic rings. The van der Waals surface area contributed by atoms with E-state index in [0.29, 0.717) is 34.8 Å². The molecule has 0 fully saturated rings. The number of ether oxygens (including phenoxy) is 2. The minimum absolute atomic E-state index is 0.0663. The summed E-state index contributed by atoms with van der Waals surface area (Å²) in [5, 5.41) is 0. The summed E-state index contributed by atoms with van der Waals surface area (Å²) in [5.41, 5.74) is 0.766. The highest BCUT2D eigenvalue weighted by atomic mass is 19.1. The maximum absolute atomic E-state index is 14.5. The monoisotopic (exact) mass is 377 g/mol. The lowest BCUT2D eigenvalue weighted by molar-refractivity contribution is -0.127. The molecule has 0 N–H and O–H groups in total. The van der Waals surface area contributed by atoms with Crippen LogP contribution in [-0.2, 0) is 4.79 Å². The van der Waals surface area contributed by atoms with E-state index < -0.39 is 23.0 Å². The van der Waals surface area contributed by atoms with Crippen molar-refractivity contribution in [1.29, 1.82) is 0 Å². The number of methoxy groups -OCH3 is 2. The fourth-order valence-electron chi connectivity index (χ4n) is 3.19. The molecule has 0 atom stereocenters. The molecule has 2 aromatic rings. The van der Waals surface area contributed by atoms with Crippen molar-refractivity contribution in [2.75, 3.05) is 21.3 Å². The zero-order valence-electron chi connectivity index (χ0n) is 15.1. The van der Waals surface area contributed by atoms with Gasteiger partial charge in [-0.2, -0.15) is 0 Å². The van der Waals surface area contributed by atoms with Crippen molar-refractivity contribution in [1.82, 2.24) is 4.90 Å². The van der Waals surface area contributed by atoms with Crippen molar-refractivity contribution in [2.24, 2.45) is 0 Å². The van der Waals surface area contributed by atoms with Gasteiger partial charge in [-0.15, -0.1) is 0 Å². The summed E-state index contributed by atoms with van der Waals surface area (Å²) in [4.78, 5) is 13.4. The molecule has 2 aromatic carbocycles. The summed E-state index contributed by atoms with van der Waals surface area (Å²) in [5.74, 6) is -2.46. The molecule has 1 amide bonds. The molecule has 142 valence electrons. The van der Waals surface area contributed by atoms with Gasteiger partial charge in [0.05, 0.1) is 25.5 Å². The van der Waals surface area contributed by atoms with Gasteiger partial charge in [-0.3, -0.25) is 4.79 Å². The first-order chi connectivity index (χ1) is 12.8. The highest BCUT2D eigenvalue weighted by Crippen LogP contribution is 2.40. The largest absolute Gasteiger partial charge is 0.497 e. The minimum Gasteiger partial charge on any atom is -0.497 e. The van der Waals surface area contributed by atoms with Gasteiger partial charge < -0.3 is 14.4 Å². The van der Waals surface area contributed by atoms with Gasteiger partial charge in [0, 0.05) is 31.7 Å². The topological polar surface area (TPSA) is 38.8 Å². The van der Waals surface area contributed by atoms with Crippen molar-refractivity contribution < 1.29 is 27.4 Å². The number of carbonyl (C=O) groups is 1. The lowest BCUT2D eigenvalue weighted by Gasteiger charge is -2.30. The summed E-state index contributed by atoms with van der Waals surface area (Å²) >= 11 is 0. The Labute approximate surface area is 154 Å². The van der Waals surface area contributed by atoms with Gasteiger partial charge in [0.2, 0.25) is 5.91 Å².